The van der Waals surface area contributed by atoms with E-state index in [0.717, 1.165) is 0 Å². The maximum Gasteiger partial charge on any atom is 0.320 e. The Bertz CT molecular complexity index is 935. The summed E-state index contributed by atoms with van der Waals surface area (Å²) in [5, 5.41) is 75.3. The number of carbonyl (C=O) groups is 2. The average molecular weight is 546 g/mol. The van der Waals surface area contributed by atoms with Gasteiger partial charge in [0.05, 0.1) is 13.2 Å². The van der Waals surface area contributed by atoms with Gasteiger partial charge in [-0.1, -0.05) is 12.1 Å². The molecule has 2 aliphatic rings. The molecule has 0 aliphatic carbocycles. The van der Waals surface area contributed by atoms with Crippen LogP contribution in [0.25, 0.3) is 0 Å². The lowest BCUT2D eigenvalue weighted by Crippen LogP contribution is -2.68. The monoisotopic (exact) mass is 545 g/mol. The number of carboxylic acid groups (broad SMARTS) is 1. The van der Waals surface area contributed by atoms with Crippen LogP contribution in [0.15, 0.2) is 24.3 Å². The molecule has 0 saturated carbocycles. The number of hydrogen-bond acceptors (Lipinski definition) is 13. The first-order valence-corrected chi connectivity index (χ1v) is 12.0. The Kier molecular flexibility index (Phi) is 10.4. The van der Waals surface area contributed by atoms with E-state index in [1.165, 1.54) is 6.92 Å². The Balaban J connectivity index is 1.83. The average Bonchev–Trinajstić information content (AvgIpc) is 2.88. The van der Waals surface area contributed by atoms with Crippen molar-refractivity contribution in [3.63, 3.8) is 0 Å². The molecule has 38 heavy (non-hydrogen) atoms. The smallest absolute Gasteiger partial charge is 0.320 e. The number of benzene rings is 1. The Morgan fingerprint density at radius 2 is 1.58 bits per heavy atom. The fourth-order valence-corrected chi connectivity index (χ4v) is 4.36. The number of aliphatic hydroxyl groups is 6. The van der Waals surface area contributed by atoms with Crippen LogP contribution in [-0.4, -0.2) is 128 Å². The maximum atomic E-state index is 12.0. The van der Waals surface area contributed by atoms with Crippen molar-refractivity contribution < 1.29 is 59.5 Å². The second kappa shape index (κ2) is 13.1. The fourth-order valence-electron chi connectivity index (χ4n) is 4.36. The predicted molar refractivity (Wildman–Crippen MR) is 127 cm³/mol. The van der Waals surface area contributed by atoms with Crippen LogP contribution in [0.5, 0.6) is 0 Å². The molecule has 1 aromatic carbocycles. The molecule has 214 valence electrons. The first kappa shape index (κ1) is 30.1. The number of nitrogens with one attached hydrogen (secondary N) is 2. The van der Waals surface area contributed by atoms with Crippen LogP contribution in [0.3, 0.4) is 0 Å². The van der Waals surface area contributed by atoms with Crippen LogP contribution in [0.1, 0.15) is 12.5 Å². The van der Waals surface area contributed by atoms with Gasteiger partial charge in [0.2, 0.25) is 5.91 Å². The van der Waals surface area contributed by atoms with Crippen molar-refractivity contribution in [2.24, 2.45) is 5.73 Å². The highest BCUT2D eigenvalue weighted by Gasteiger charge is 2.51. The Labute approximate surface area is 217 Å². The number of nitrogens with two attached hydrogens (primary N) is 1. The molecule has 2 heterocycles. The Hall–Kier alpha value is -2.44. The summed E-state index contributed by atoms with van der Waals surface area (Å²) in [7, 11) is 0. The van der Waals surface area contributed by atoms with Gasteiger partial charge < -0.3 is 66.3 Å². The topological polar surface area (TPSA) is 254 Å². The van der Waals surface area contributed by atoms with Crippen LogP contribution in [0, 0.1) is 0 Å². The first-order valence-electron chi connectivity index (χ1n) is 12.0. The van der Waals surface area contributed by atoms with Gasteiger partial charge in [-0.05, 0) is 24.1 Å². The third-order valence-electron chi connectivity index (χ3n) is 6.44. The molecule has 0 spiro atoms. The summed E-state index contributed by atoms with van der Waals surface area (Å²) in [5.41, 5.74) is 6.70. The number of anilines is 1. The Morgan fingerprint density at radius 1 is 0.974 bits per heavy atom. The van der Waals surface area contributed by atoms with Gasteiger partial charge in [0.1, 0.15) is 54.8 Å². The van der Waals surface area contributed by atoms with Gasteiger partial charge in [-0.2, -0.15) is 0 Å². The van der Waals surface area contributed by atoms with E-state index in [4.69, 9.17) is 25.1 Å². The summed E-state index contributed by atoms with van der Waals surface area (Å²) in [4.78, 5) is 23.0. The van der Waals surface area contributed by atoms with E-state index in [1.54, 1.807) is 24.3 Å². The van der Waals surface area contributed by atoms with E-state index in [1.807, 2.05) is 0 Å². The summed E-state index contributed by atoms with van der Waals surface area (Å²) in [6.45, 7) is -0.132. The number of rotatable bonds is 10. The molecule has 11 atom stereocenters. The number of amides is 1. The number of aliphatic hydroxyl groups excluding tert-OH is 6. The number of hydrogen-bond donors (Lipinski definition) is 10. The van der Waals surface area contributed by atoms with Crippen molar-refractivity contribution in [2.75, 3.05) is 18.5 Å². The van der Waals surface area contributed by atoms with E-state index in [9.17, 15) is 40.2 Å². The highest BCUT2D eigenvalue weighted by molar-refractivity contribution is 5.74. The van der Waals surface area contributed by atoms with Crippen molar-refractivity contribution in [2.45, 2.75) is 80.7 Å². The maximum absolute atomic E-state index is 12.0. The van der Waals surface area contributed by atoms with Crippen molar-refractivity contribution in [1.29, 1.82) is 0 Å². The van der Waals surface area contributed by atoms with Gasteiger partial charge in [-0.25, -0.2) is 0 Å². The molecule has 11 N–H and O–H groups in total. The largest absolute Gasteiger partial charge is 0.480 e. The van der Waals surface area contributed by atoms with Crippen LogP contribution in [-0.2, 0) is 30.2 Å². The van der Waals surface area contributed by atoms with E-state index >= 15 is 0 Å². The van der Waals surface area contributed by atoms with Crippen molar-refractivity contribution in [1.82, 2.24) is 5.32 Å². The molecule has 0 bridgehead atoms. The van der Waals surface area contributed by atoms with E-state index in [-0.39, 0.29) is 6.42 Å². The number of carboxylic acids is 1. The molecule has 2 saturated heterocycles. The molecular formula is C23H35N3O12. The second-order valence-corrected chi connectivity index (χ2v) is 9.28. The van der Waals surface area contributed by atoms with Crippen molar-refractivity contribution >= 4 is 17.6 Å². The van der Waals surface area contributed by atoms with Crippen molar-refractivity contribution in [3.8, 4) is 0 Å². The molecule has 2 fully saturated rings. The Morgan fingerprint density at radius 3 is 2.13 bits per heavy atom. The van der Waals surface area contributed by atoms with E-state index in [0.29, 0.717) is 11.3 Å². The number of carbonyl (C=O) groups excluding carboxylic acids is 1. The van der Waals surface area contributed by atoms with Crippen LogP contribution < -0.4 is 16.4 Å². The van der Waals surface area contributed by atoms with Gasteiger partial charge in [0, 0.05) is 12.6 Å². The molecule has 1 amide bonds. The number of ether oxygens (including phenoxy) is 3. The molecule has 0 radical (unpaired) electrons. The molecule has 0 aromatic heterocycles. The lowest BCUT2D eigenvalue weighted by molar-refractivity contribution is -0.331. The molecule has 1 aromatic rings. The van der Waals surface area contributed by atoms with Gasteiger partial charge in [-0.15, -0.1) is 0 Å². The van der Waals surface area contributed by atoms with Gasteiger partial charge in [-0.3, -0.25) is 9.59 Å². The standard InChI is InChI=1S/C23H35N3O12/c1-9(29)25-15-20(38-23-19(33)18(32)16(30)13(7-27)37-23)17(31)14(8-28)36-21(15)26-11-4-2-10(3-5-11)6-12(24)22(34)35/h2-5,12-21,23,26-28,30-33H,6-8,24H2,1H3,(H,25,29)(H,34,35)/t12?,13-,14-,15-,16+,17+,18+,19-,20-,21-,23+/m1/s1. The minimum absolute atomic E-state index is 0.0951. The quantitative estimate of drug-likeness (QED) is 0.134. The predicted octanol–water partition coefficient (Wildman–Crippen LogP) is -4.18. The molecular weight excluding hydrogens is 510 g/mol. The van der Waals surface area contributed by atoms with Crippen LogP contribution in [0.4, 0.5) is 5.69 Å². The number of aliphatic carboxylic acids is 1. The zero-order chi connectivity index (χ0) is 28.1. The minimum atomic E-state index is -1.77. The molecule has 2 aliphatic heterocycles. The van der Waals surface area contributed by atoms with Crippen LogP contribution >= 0.6 is 0 Å². The molecule has 1 unspecified atom stereocenters. The molecule has 3 rings (SSSR count). The second-order valence-electron chi connectivity index (χ2n) is 9.28. The molecule has 15 nitrogen and oxygen atoms in total. The van der Waals surface area contributed by atoms with Crippen LogP contribution in [0.2, 0.25) is 0 Å². The van der Waals surface area contributed by atoms with E-state index < -0.39 is 92.4 Å². The van der Waals surface area contributed by atoms with E-state index in [2.05, 4.69) is 10.6 Å². The van der Waals surface area contributed by atoms with Gasteiger partial charge in [0.25, 0.3) is 0 Å². The summed E-state index contributed by atoms with van der Waals surface area (Å²) >= 11 is 0. The highest BCUT2D eigenvalue weighted by Crippen LogP contribution is 2.30. The minimum Gasteiger partial charge on any atom is -0.480 e. The molecule has 15 heteroatoms. The summed E-state index contributed by atoms with van der Waals surface area (Å²) < 4.78 is 17.0. The zero-order valence-electron chi connectivity index (χ0n) is 20.5. The third-order valence-corrected chi connectivity index (χ3v) is 6.44. The lowest BCUT2D eigenvalue weighted by atomic mass is 9.94. The lowest BCUT2D eigenvalue weighted by Gasteiger charge is -2.47. The first-order chi connectivity index (χ1) is 18.0. The normalized spacial score (nSPS) is 36.3. The van der Waals surface area contributed by atoms with Gasteiger partial charge in [0.15, 0.2) is 12.5 Å². The fraction of sp³-hybridized carbons (Fsp3) is 0.652. The third kappa shape index (κ3) is 6.95. The zero-order valence-corrected chi connectivity index (χ0v) is 20.5. The van der Waals surface area contributed by atoms with Gasteiger partial charge >= 0.3 is 5.97 Å². The highest BCUT2D eigenvalue weighted by atomic mass is 16.7. The summed E-state index contributed by atoms with van der Waals surface area (Å²) in [6, 6.07) is 4.31. The van der Waals surface area contributed by atoms with Crippen molar-refractivity contribution in [3.05, 3.63) is 29.8 Å². The summed E-state index contributed by atoms with van der Waals surface area (Å²) in [5.74, 6) is -1.67. The SMILES string of the molecule is CC(=O)N[C@@H]1[C@@H](O[C@@H]2O[C@H](CO)[C@H](O)[C@H](O)[C@H]2O)[C@@H](O)[C@@H](CO)O[C@H]1Nc1ccc(CC(N)C(=O)O)cc1. The summed E-state index contributed by atoms with van der Waals surface area (Å²) in [6.07, 6.45) is -13.2.